The maximum Gasteiger partial charge on any atom is 0.298 e. The van der Waals surface area contributed by atoms with E-state index in [0.29, 0.717) is 0 Å². The number of rotatable bonds is 2. The van der Waals surface area contributed by atoms with Gasteiger partial charge in [0.1, 0.15) is 10.6 Å². The third-order valence-electron chi connectivity index (χ3n) is 1.35. The summed E-state index contributed by atoms with van der Waals surface area (Å²) in [4.78, 5) is -0.215. The molecule has 4 nitrogen and oxygen atoms in total. The van der Waals surface area contributed by atoms with Crippen molar-refractivity contribution in [2.24, 2.45) is 0 Å². The molecule has 0 saturated heterocycles. The molecule has 12 heavy (non-hydrogen) atoms. The molecule has 1 aromatic rings. The smallest absolute Gasteiger partial charge is 0.298 e. The Balaban J connectivity index is 3.33. The van der Waals surface area contributed by atoms with Crippen molar-refractivity contribution in [1.29, 1.82) is 0 Å². The predicted molar refractivity (Wildman–Crippen MR) is 42.8 cm³/mol. The number of ether oxygens (including phenoxy) is 1. The lowest BCUT2D eigenvalue weighted by molar-refractivity contribution is 0.397. The van der Waals surface area contributed by atoms with Crippen LogP contribution in [0.1, 0.15) is 0 Å². The van der Waals surface area contributed by atoms with E-state index < -0.39 is 10.1 Å². The zero-order valence-corrected chi connectivity index (χ0v) is 7.21. The molecule has 5 heteroatoms. The predicted octanol–water partition coefficient (Wildman–Crippen LogP) is 0.942. The minimum absolute atomic E-state index is 0.139. The molecule has 0 radical (unpaired) electrons. The van der Waals surface area contributed by atoms with Gasteiger partial charge in [0, 0.05) is 0 Å². The van der Waals surface area contributed by atoms with Gasteiger partial charge in [-0.25, -0.2) is 0 Å². The van der Waals surface area contributed by atoms with Crippen LogP contribution in [-0.4, -0.2) is 20.1 Å². The molecule has 0 heterocycles. The first-order chi connectivity index (χ1) is 5.55. The van der Waals surface area contributed by atoms with Gasteiger partial charge in [0.05, 0.1) is 7.11 Å². The standard InChI is InChI=1S/C7H8O4S/c1-11-6-4-2-3-5-7(6)12(8,9)10/h2-5H,1H3,(H,8,9,10). The molecule has 0 aromatic heterocycles. The highest BCUT2D eigenvalue weighted by Crippen LogP contribution is 2.21. The summed E-state index contributed by atoms with van der Waals surface area (Å²) in [6.45, 7) is 0. The zero-order chi connectivity index (χ0) is 9.19. The molecular formula is C7H8O4S. The fraction of sp³-hybridized carbons (Fsp3) is 0.143. The monoisotopic (exact) mass is 188 g/mol. The van der Waals surface area contributed by atoms with E-state index in [1.165, 1.54) is 25.3 Å². The van der Waals surface area contributed by atoms with Crippen LogP contribution in [0.5, 0.6) is 5.75 Å². The average Bonchev–Trinajstić information content (AvgIpc) is 2.03. The van der Waals surface area contributed by atoms with E-state index in [-0.39, 0.29) is 10.6 Å². The van der Waals surface area contributed by atoms with Crippen molar-refractivity contribution >= 4 is 10.1 Å². The van der Waals surface area contributed by atoms with Crippen LogP contribution < -0.4 is 4.74 Å². The highest BCUT2D eigenvalue weighted by Gasteiger charge is 2.14. The van der Waals surface area contributed by atoms with E-state index in [4.69, 9.17) is 9.29 Å². The number of benzene rings is 1. The lowest BCUT2D eigenvalue weighted by Crippen LogP contribution is -2.00. The van der Waals surface area contributed by atoms with Gasteiger partial charge in [-0.3, -0.25) is 4.55 Å². The van der Waals surface area contributed by atoms with Crippen LogP contribution in [0, 0.1) is 0 Å². The third-order valence-corrected chi connectivity index (χ3v) is 2.24. The molecular weight excluding hydrogens is 180 g/mol. The van der Waals surface area contributed by atoms with E-state index in [0.717, 1.165) is 0 Å². The molecule has 0 unspecified atom stereocenters. The molecule has 0 bridgehead atoms. The summed E-state index contributed by atoms with van der Waals surface area (Å²) >= 11 is 0. The summed E-state index contributed by atoms with van der Waals surface area (Å²) in [5.41, 5.74) is 0. The van der Waals surface area contributed by atoms with Crippen molar-refractivity contribution in [3.63, 3.8) is 0 Å². The fourth-order valence-corrected chi connectivity index (χ4v) is 1.49. The molecule has 0 aliphatic rings. The second-order valence-corrected chi connectivity index (χ2v) is 3.52. The van der Waals surface area contributed by atoms with Gasteiger partial charge in [0.15, 0.2) is 0 Å². The second-order valence-electron chi connectivity index (χ2n) is 2.13. The summed E-state index contributed by atoms with van der Waals surface area (Å²) in [5.74, 6) is 0.139. The molecule has 1 aromatic carbocycles. The lowest BCUT2D eigenvalue weighted by atomic mass is 10.3. The van der Waals surface area contributed by atoms with Crippen LogP contribution in [0.2, 0.25) is 0 Å². The van der Waals surface area contributed by atoms with E-state index in [9.17, 15) is 8.42 Å². The third kappa shape index (κ3) is 1.75. The number of hydrogen-bond donors (Lipinski definition) is 1. The van der Waals surface area contributed by atoms with Crippen LogP contribution in [0.4, 0.5) is 0 Å². The molecule has 0 amide bonds. The minimum atomic E-state index is -4.17. The van der Waals surface area contributed by atoms with Gasteiger partial charge in [-0.2, -0.15) is 8.42 Å². The van der Waals surface area contributed by atoms with Crippen LogP contribution in [0.15, 0.2) is 29.2 Å². The quantitative estimate of drug-likeness (QED) is 0.701. The lowest BCUT2D eigenvalue weighted by Gasteiger charge is -2.03. The number of methoxy groups -OCH3 is 1. The van der Waals surface area contributed by atoms with Crippen molar-refractivity contribution in [2.45, 2.75) is 4.90 Å². The van der Waals surface area contributed by atoms with Gasteiger partial charge in [-0.15, -0.1) is 0 Å². The Morgan fingerprint density at radius 1 is 1.33 bits per heavy atom. The molecule has 66 valence electrons. The van der Waals surface area contributed by atoms with Gasteiger partial charge >= 0.3 is 0 Å². The Hall–Kier alpha value is -1.07. The van der Waals surface area contributed by atoms with Crippen LogP contribution in [0.25, 0.3) is 0 Å². The van der Waals surface area contributed by atoms with Crippen molar-refractivity contribution in [1.82, 2.24) is 0 Å². The van der Waals surface area contributed by atoms with Crippen molar-refractivity contribution in [3.05, 3.63) is 24.3 Å². The molecule has 0 atom stereocenters. The van der Waals surface area contributed by atoms with Crippen LogP contribution in [0.3, 0.4) is 0 Å². The largest absolute Gasteiger partial charge is 0.495 e. The maximum atomic E-state index is 10.7. The molecule has 0 aliphatic heterocycles. The van der Waals surface area contributed by atoms with Gasteiger partial charge in [-0.1, -0.05) is 12.1 Å². The first-order valence-corrected chi connectivity index (χ1v) is 4.60. The Morgan fingerprint density at radius 2 is 1.92 bits per heavy atom. The summed E-state index contributed by atoms with van der Waals surface area (Å²) in [7, 11) is -2.83. The van der Waals surface area contributed by atoms with Crippen molar-refractivity contribution in [3.8, 4) is 5.75 Å². The number of para-hydroxylation sites is 1. The second kappa shape index (κ2) is 3.12. The first kappa shape index (κ1) is 9.02. The molecule has 0 spiro atoms. The van der Waals surface area contributed by atoms with E-state index in [2.05, 4.69) is 0 Å². The topological polar surface area (TPSA) is 63.6 Å². The highest BCUT2D eigenvalue weighted by atomic mass is 32.2. The normalized spacial score (nSPS) is 11.2. The van der Waals surface area contributed by atoms with Crippen molar-refractivity contribution < 1.29 is 17.7 Å². The number of hydrogen-bond acceptors (Lipinski definition) is 3. The summed E-state index contributed by atoms with van der Waals surface area (Å²) in [6, 6.07) is 5.86. The molecule has 1 rings (SSSR count). The maximum absolute atomic E-state index is 10.7. The summed E-state index contributed by atoms with van der Waals surface area (Å²) in [6.07, 6.45) is 0. The van der Waals surface area contributed by atoms with Gasteiger partial charge in [0.25, 0.3) is 10.1 Å². The Morgan fingerprint density at radius 3 is 2.33 bits per heavy atom. The zero-order valence-electron chi connectivity index (χ0n) is 6.39. The SMILES string of the molecule is COc1ccccc1S(=O)(=O)O. The van der Waals surface area contributed by atoms with E-state index >= 15 is 0 Å². The van der Waals surface area contributed by atoms with E-state index in [1.807, 2.05) is 0 Å². The molecule has 0 saturated carbocycles. The van der Waals surface area contributed by atoms with Crippen molar-refractivity contribution in [2.75, 3.05) is 7.11 Å². The molecule has 1 N–H and O–H groups in total. The summed E-state index contributed by atoms with van der Waals surface area (Å²) in [5, 5.41) is 0. The first-order valence-electron chi connectivity index (χ1n) is 3.16. The van der Waals surface area contributed by atoms with Crippen LogP contribution in [-0.2, 0) is 10.1 Å². The van der Waals surface area contributed by atoms with Gasteiger partial charge in [0.2, 0.25) is 0 Å². The Bertz CT molecular complexity index is 369. The molecule has 0 aliphatic carbocycles. The average molecular weight is 188 g/mol. The fourth-order valence-electron chi connectivity index (χ4n) is 0.832. The summed E-state index contributed by atoms with van der Waals surface area (Å²) < 4.78 is 34.8. The van der Waals surface area contributed by atoms with Gasteiger partial charge < -0.3 is 4.74 Å². The Labute approximate surface area is 70.5 Å². The van der Waals surface area contributed by atoms with Gasteiger partial charge in [-0.05, 0) is 12.1 Å². The highest BCUT2D eigenvalue weighted by molar-refractivity contribution is 7.86. The van der Waals surface area contributed by atoms with E-state index in [1.54, 1.807) is 6.07 Å². The van der Waals surface area contributed by atoms with Crippen LogP contribution >= 0.6 is 0 Å². The minimum Gasteiger partial charge on any atom is -0.495 e. The Kier molecular flexibility index (Phi) is 2.35. The molecule has 0 fully saturated rings.